The van der Waals surface area contributed by atoms with Crippen molar-refractivity contribution in [3.05, 3.63) is 64.7 Å². The third kappa shape index (κ3) is 3.83. The van der Waals surface area contributed by atoms with E-state index < -0.39 is 0 Å². The van der Waals surface area contributed by atoms with E-state index in [-0.39, 0.29) is 17.5 Å². The molecule has 0 aromatic heterocycles. The lowest BCUT2D eigenvalue weighted by Crippen LogP contribution is -2.53. The van der Waals surface area contributed by atoms with Gasteiger partial charge in [-0.1, -0.05) is 60.8 Å². The molecule has 27 heavy (non-hydrogen) atoms. The molecule has 4 nitrogen and oxygen atoms in total. The molecular formula is C22H27ClN2O2. The van der Waals surface area contributed by atoms with Crippen molar-refractivity contribution in [1.29, 1.82) is 0 Å². The van der Waals surface area contributed by atoms with Crippen LogP contribution in [-0.4, -0.2) is 37.6 Å². The number of benzene rings is 2. The number of halogens is 1. The number of hydrogen-bond donors (Lipinski definition) is 1. The molecule has 3 rings (SSSR count). The second-order valence-electron chi connectivity index (χ2n) is 7.34. The van der Waals surface area contributed by atoms with Crippen LogP contribution < -0.4 is 10.1 Å². The molecule has 1 aliphatic carbocycles. The first-order valence-electron chi connectivity index (χ1n) is 9.35. The van der Waals surface area contributed by atoms with Crippen LogP contribution in [0.3, 0.4) is 0 Å². The number of hydrogen-bond acceptors (Lipinski definition) is 3. The first kappa shape index (κ1) is 19.7. The van der Waals surface area contributed by atoms with Crippen molar-refractivity contribution in [3.63, 3.8) is 0 Å². The van der Waals surface area contributed by atoms with Gasteiger partial charge in [0, 0.05) is 5.54 Å². The largest absolute Gasteiger partial charge is 0.496 e. The van der Waals surface area contributed by atoms with Crippen molar-refractivity contribution < 1.29 is 9.53 Å². The molecule has 0 spiro atoms. The zero-order valence-corrected chi connectivity index (χ0v) is 16.9. The van der Waals surface area contributed by atoms with Crippen LogP contribution in [0.1, 0.15) is 47.6 Å². The lowest BCUT2D eigenvalue weighted by Gasteiger charge is -2.44. The molecule has 1 N–H and O–H groups in total. The van der Waals surface area contributed by atoms with Crippen LogP contribution in [0.2, 0.25) is 5.02 Å². The number of carbonyl (C=O) groups is 1. The molecular weight excluding hydrogens is 360 g/mol. The molecule has 1 saturated carbocycles. The Bertz CT molecular complexity index is 786. The van der Waals surface area contributed by atoms with Gasteiger partial charge in [-0.15, -0.1) is 0 Å². The van der Waals surface area contributed by atoms with E-state index in [2.05, 4.69) is 36.4 Å². The van der Waals surface area contributed by atoms with Gasteiger partial charge >= 0.3 is 0 Å². The summed E-state index contributed by atoms with van der Waals surface area (Å²) in [7, 11) is 5.75. The topological polar surface area (TPSA) is 41.6 Å². The summed E-state index contributed by atoms with van der Waals surface area (Å²) in [6.45, 7) is 0. The highest BCUT2D eigenvalue weighted by molar-refractivity contribution is 6.34. The average Bonchev–Trinajstić information content (AvgIpc) is 3.17. The minimum Gasteiger partial charge on any atom is -0.496 e. The summed E-state index contributed by atoms with van der Waals surface area (Å²) in [5.41, 5.74) is 1.37. The number of carbonyl (C=O) groups excluding carboxylic acids is 1. The van der Waals surface area contributed by atoms with Gasteiger partial charge < -0.3 is 15.0 Å². The summed E-state index contributed by atoms with van der Waals surface area (Å²) in [6, 6.07) is 15.3. The molecule has 0 saturated heterocycles. The molecule has 2 aromatic carbocycles. The fourth-order valence-electron chi connectivity index (χ4n) is 4.25. The van der Waals surface area contributed by atoms with E-state index in [9.17, 15) is 4.79 Å². The lowest BCUT2D eigenvalue weighted by molar-refractivity contribution is 0.0764. The van der Waals surface area contributed by atoms with Gasteiger partial charge in [-0.05, 0) is 44.6 Å². The van der Waals surface area contributed by atoms with E-state index in [1.807, 2.05) is 18.2 Å². The minimum absolute atomic E-state index is 0.120. The summed E-state index contributed by atoms with van der Waals surface area (Å²) in [6.07, 6.45) is 4.40. The molecule has 1 amide bonds. The number of rotatable bonds is 6. The molecule has 1 fully saturated rings. The fraction of sp³-hybridized carbons (Fsp3) is 0.409. The number of amides is 1. The Labute approximate surface area is 166 Å². The Hall–Kier alpha value is -2.04. The summed E-state index contributed by atoms with van der Waals surface area (Å²) in [5, 5.41) is 3.68. The van der Waals surface area contributed by atoms with Gasteiger partial charge in [0.2, 0.25) is 0 Å². The van der Waals surface area contributed by atoms with Crippen LogP contribution in [-0.2, 0) is 0 Å². The molecule has 144 valence electrons. The maximum absolute atomic E-state index is 13.3. The van der Waals surface area contributed by atoms with Crippen LogP contribution in [0.25, 0.3) is 0 Å². The van der Waals surface area contributed by atoms with Crippen molar-refractivity contribution in [2.45, 2.75) is 37.3 Å². The maximum atomic E-state index is 13.3. The molecule has 1 atom stereocenters. The van der Waals surface area contributed by atoms with Crippen LogP contribution in [0, 0.1) is 0 Å². The Balaban J connectivity index is 2.02. The number of nitrogens with one attached hydrogen (secondary N) is 1. The van der Waals surface area contributed by atoms with Gasteiger partial charge in [-0.2, -0.15) is 0 Å². The molecule has 2 aromatic rings. The summed E-state index contributed by atoms with van der Waals surface area (Å²) in [4.78, 5) is 15.5. The molecule has 0 radical (unpaired) electrons. The first-order chi connectivity index (χ1) is 13.0. The molecule has 1 unspecified atom stereocenters. The molecule has 1 aliphatic rings. The van der Waals surface area contributed by atoms with Crippen LogP contribution in [0.4, 0.5) is 0 Å². The van der Waals surface area contributed by atoms with Crippen molar-refractivity contribution in [3.8, 4) is 5.75 Å². The number of methoxy groups -OCH3 is 1. The number of ether oxygens (including phenoxy) is 1. The van der Waals surface area contributed by atoms with E-state index in [0.29, 0.717) is 16.3 Å². The Morgan fingerprint density at radius 2 is 1.78 bits per heavy atom. The first-order valence-corrected chi connectivity index (χ1v) is 9.73. The van der Waals surface area contributed by atoms with E-state index in [1.54, 1.807) is 25.3 Å². The van der Waals surface area contributed by atoms with Crippen LogP contribution in [0.5, 0.6) is 5.75 Å². The average molecular weight is 387 g/mol. The van der Waals surface area contributed by atoms with E-state index >= 15 is 0 Å². The molecule has 0 heterocycles. The van der Waals surface area contributed by atoms with E-state index in [0.717, 1.165) is 31.2 Å². The Morgan fingerprint density at radius 3 is 2.37 bits per heavy atom. The van der Waals surface area contributed by atoms with Gasteiger partial charge in [-0.3, -0.25) is 4.79 Å². The van der Waals surface area contributed by atoms with Crippen LogP contribution in [0.15, 0.2) is 48.5 Å². The summed E-state index contributed by atoms with van der Waals surface area (Å²) < 4.78 is 5.38. The normalized spacial score (nSPS) is 16.9. The second kappa shape index (κ2) is 8.32. The SMILES string of the molecule is COc1cccc(Cl)c1C(=O)NC(c1ccccc1)C1(N(C)C)CCCC1. The van der Waals surface area contributed by atoms with Crippen molar-refractivity contribution in [1.82, 2.24) is 10.2 Å². The zero-order valence-electron chi connectivity index (χ0n) is 16.2. The van der Waals surface area contributed by atoms with Gasteiger partial charge in [0.05, 0.1) is 23.7 Å². The summed E-state index contributed by atoms with van der Waals surface area (Å²) >= 11 is 6.34. The number of likely N-dealkylation sites (N-methyl/N-ethyl adjacent to an activating group) is 1. The quantitative estimate of drug-likeness (QED) is 0.782. The molecule has 5 heteroatoms. The molecule has 0 bridgehead atoms. The second-order valence-corrected chi connectivity index (χ2v) is 7.75. The highest BCUT2D eigenvalue weighted by atomic mass is 35.5. The van der Waals surface area contributed by atoms with Gasteiger partial charge in [-0.25, -0.2) is 0 Å². The van der Waals surface area contributed by atoms with Crippen molar-refractivity contribution >= 4 is 17.5 Å². The fourth-order valence-corrected chi connectivity index (χ4v) is 4.50. The summed E-state index contributed by atoms with van der Waals surface area (Å²) in [5.74, 6) is 0.275. The van der Waals surface area contributed by atoms with Gasteiger partial charge in [0.1, 0.15) is 5.75 Å². The van der Waals surface area contributed by atoms with E-state index in [1.165, 1.54) is 0 Å². The third-order valence-corrected chi connectivity index (χ3v) is 6.04. The minimum atomic E-state index is -0.209. The smallest absolute Gasteiger partial charge is 0.257 e. The highest BCUT2D eigenvalue weighted by Crippen LogP contribution is 2.43. The van der Waals surface area contributed by atoms with E-state index in [4.69, 9.17) is 16.3 Å². The lowest BCUT2D eigenvalue weighted by atomic mass is 9.82. The highest BCUT2D eigenvalue weighted by Gasteiger charge is 2.45. The Kier molecular flexibility index (Phi) is 6.08. The van der Waals surface area contributed by atoms with Crippen molar-refractivity contribution in [2.24, 2.45) is 0 Å². The Morgan fingerprint density at radius 1 is 1.11 bits per heavy atom. The van der Waals surface area contributed by atoms with Crippen molar-refractivity contribution in [2.75, 3.05) is 21.2 Å². The van der Waals surface area contributed by atoms with Crippen LogP contribution >= 0.6 is 11.6 Å². The predicted octanol–water partition coefficient (Wildman–Crippen LogP) is 4.69. The predicted molar refractivity (Wildman–Crippen MR) is 110 cm³/mol. The maximum Gasteiger partial charge on any atom is 0.257 e. The number of nitrogens with zero attached hydrogens (tertiary/aromatic N) is 1. The van der Waals surface area contributed by atoms with Gasteiger partial charge in [0.25, 0.3) is 5.91 Å². The molecule has 0 aliphatic heterocycles. The monoisotopic (exact) mass is 386 g/mol. The van der Waals surface area contributed by atoms with Gasteiger partial charge in [0.15, 0.2) is 0 Å². The third-order valence-electron chi connectivity index (χ3n) is 5.73. The standard InChI is InChI=1S/C22H27ClN2O2/c1-25(2)22(14-7-8-15-22)20(16-10-5-4-6-11-16)24-21(26)19-17(23)12-9-13-18(19)27-3/h4-6,9-13,20H,7-8,14-15H2,1-3H3,(H,24,26). The zero-order chi connectivity index (χ0) is 19.4.